The van der Waals surface area contributed by atoms with E-state index in [1.54, 1.807) is 24.3 Å². The van der Waals surface area contributed by atoms with E-state index in [1.807, 2.05) is 11.8 Å². The highest BCUT2D eigenvalue weighted by molar-refractivity contribution is 7.96. The molecule has 2 atom stereocenters. The van der Waals surface area contributed by atoms with Gasteiger partial charge in [-0.15, -0.1) is 0 Å². The minimum absolute atomic E-state index is 0.0933. The highest BCUT2D eigenvalue weighted by Gasteiger charge is 2.48. The third-order valence-corrected chi connectivity index (χ3v) is 8.98. The average molecular weight is 373 g/mol. The van der Waals surface area contributed by atoms with Gasteiger partial charge in [-0.05, 0) is 24.1 Å². The van der Waals surface area contributed by atoms with Crippen LogP contribution in [0.1, 0.15) is 12.5 Å². The van der Waals surface area contributed by atoms with Crippen molar-refractivity contribution >= 4 is 19.7 Å². The van der Waals surface area contributed by atoms with Gasteiger partial charge in [-0.1, -0.05) is 19.1 Å². The molecule has 134 valence electrons. The maximum absolute atomic E-state index is 13.1. The van der Waals surface area contributed by atoms with Crippen LogP contribution in [0, 0.1) is 0 Å². The minimum atomic E-state index is -3.69. The number of nitrogens with zero attached hydrogens (tertiary/aromatic N) is 1. The lowest BCUT2D eigenvalue weighted by atomic mass is 10.2. The van der Waals surface area contributed by atoms with Crippen molar-refractivity contribution in [2.75, 3.05) is 37.8 Å². The summed E-state index contributed by atoms with van der Waals surface area (Å²) in [5, 5.41) is -0.909. The van der Waals surface area contributed by atoms with E-state index in [4.69, 9.17) is 4.74 Å². The summed E-state index contributed by atoms with van der Waals surface area (Å²) in [7, 11) is -7.05. The normalized spacial score (nSPS) is 28.0. The Morgan fingerprint density at radius 3 is 2.33 bits per heavy atom. The number of rotatable bonds is 4. The fraction of sp³-hybridized carbons (Fsp3) is 0.625. The molecule has 0 unspecified atom stereocenters. The molecule has 0 bridgehead atoms. The standard InChI is InChI=1S/C16H23NO5S2/c1-2-13-3-5-14(6-4-13)24(20,21)16-12-23(18,19)11-15(16)17-7-9-22-10-8-17/h3-6,15-16H,2,7-12H2,1H3/t15-,16+/m1/s1. The van der Waals surface area contributed by atoms with E-state index in [-0.39, 0.29) is 16.4 Å². The molecular formula is C16H23NO5S2. The van der Waals surface area contributed by atoms with Gasteiger partial charge in [-0.3, -0.25) is 4.90 Å². The molecule has 6 nitrogen and oxygen atoms in total. The highest BCUT2D eigenvalue weighted by Crippen LogP contribution is 2.29. The van der Waals surface area contributed by atoms with Gasteiger partial charge >= 0.3 is 0 Å². The summed E-state index contributed by atoms with van der Waals surface area (Å²) in [6.07, 6.45) is 0.828. The lowest BCUT2D eigenvalue weighted by Gasteiger charge is -2.34. The molecule has 0 aliphatic carbocycles. The zero-order valence-electron chi connectivity index (χ0n) is 13.7. The van der Waals surface area contributed by atoms with Gasteiger partial charge in [0.1, 0.15) is 0 Å². The van der Waals surface area contributed by atoms with Crippen molar-refractivity contribution in [3.8, 4) is 0 Å². The van der Waals surface area contributed by atoms with Crippen LogP contribution in [0.15, 0.2) is 29.2 Å². The second-order valence-electron chi connectivity index (χ2n) is 6.37. The second kappa shape index (κ2) is 6.74. The van der Waals surface area contributed by atoms with Crippen LogP contribution in [0.25, 0.3) is 0 Å². The first-order valence-electron chi connectivity index (χ1n) is 8.18. The van der Waals surface area contributed by atoms with E-state index in [1.165, 1.54) is 0 Å². The predicted octanol–water partition coefficient (Wildman–Crippen LogP) is 0.521. The molecule has 0 saturated carbocycles. The zero-order valence-corrected chi connectivity index (χ0v) is 15.4. The molecule has 2 fully saturated rings. The molecule has 3 rings (SSSR count). The predicted molar refractivity (Wildman–Crippen MR) is 91.6 cm³/mol. The maximum Gasteiger partial charge on any atom is 0.183 e. The smallest absolute Gasteiger partial charge is 0.183 e. The number of hydrogen-bond donors (Lipinski definition) is 0. The molecule has 2 aliphatic rings. The summed E-state index contributed by atoms with van der Waals surface area (Å²) in [5.41, 5.74) is 1.05. The Kier molecular flexibility index (Phi) is 5.01. The van der Waals surface area contributed by atoms with Gasteiger partial charge in [-0.25, -0.2) is 16.8 Å². The average Bonchev–Trinajstić information content (AvgIpc) is 2.92. The number of morpholine rings is 1. The number of hydrogen-bond acceptors (Lipinski definition) is 6. The van der Waals surface area contributed by atoms with Crippen LogP contribution in [0.4, 0.5) is 0 Å². The molecule has 0 radical (unpaired) electrons. The van der Waals surface area contributed by atoms with Gasteiger partial charge in [0.05, 0.1) is 34.9 Å². The molecule has 0 amide bonds. The summed E-state index contributed by atoms with van der Waals surface area (Å²) in [4.78, 5) is 2.16. The van der Waals surface area contributed by atoms with Crippen molar-refractivity contribution in [2.45, 2.75) is 29.5 Å². The lowest BCUT2D eigenvalue weighted by Crippen LogP contribution is -2.50. The quantitative estimate of drug-likeness (QED) is 0.765. The molecule has 2 aliphatic heterocycles. The monoisotopic (exact) mass is 373 g/mol. The number of ether oxygens (including phenoxy) is 1. The second-order valence-corrected chi connectivity index (χ2v) is 10.7. The van der Waals surface area contributed by atoms with E-state index in [2.05, 4.69) is 0 Å². The molecule has 2 heterocycles. The molecule has 0 aromatic heterocycles. The SMILES string of the molecule is CCc1ccc(S(=O)(=O)[C@H]2CS(=O)(=O)C[C@H]2N2CCOCC2)cc1. The van der Waals surface area contributed by atoms with Gasteiger partial charge in [-0.2, -0.15) is 0 Å². The summed E-state index contributed by atoms with van der Waals surface area (Å²) in [5.74, 6) is -0.392. The van der Waals surface area contributed by atoms with Crippen molar-refractivity contribution < 1.29 is 21.6 Å². The van der Waals surface area contributed by atoms with E-state index >= 15 is 0 Å². The van der Waals surface area contributed by atoms with Gasteiger partial charge in [0.25, 0.3) is 0 Å². The van der Waals surface area contributed by atoms with Crippen molar-refractivity contribution in [3.05, 3.63) is 29.8 Å². The number of benzene rings is 1. The van der Waals surface area contributed by atoms with Crippen LogP contribution in [0.2, 0.25) is 0 Å². The minimum Gasteiger partial charge on any atom is -0.379 e. The van der Waals surface area contributed by atoms with E-state index < -0.39 is 31.0 Å². The fourth-order valence-electron chi connectivity index (χ4n) is 3.43. The molecule has 1 aromatic carbocycles. The summed E-state index contributed by atoms with van der Waals surface area (Å²) < 4.78 is 55.7. The van der Waals surface area contributed by atoms with Gasteiger partial charge in [0, 0.05) is 19.1 Å². The first-order chi connectivity index (χ1) is 11.3. The Balaban J connectivity index is 1.93. The maximum atomic E-state index is 13.1. The third kappa shape index (κ3) is 3.51. The molecule has 0 N–H and O–H groups in total. The molecular weight excluding hydrogens is 350 g/mol. The highest BCUT2D eigenvalue weighted by atomic mass is 32.2. The van der Waals surface area contributed by atoms with E-state index in [0.717, 1.165) is 12.0 Å². The lowest BCUT2D eigenvalue weighted by molar-refractivity contribution is 0.0222. The van der Waals surface area contributed by atoms with Crippen LogP contribution in [0.3, 0.4) is 0 Å². The van der Waals surface area contributed by atoms with Crippen LogP contribution in [0.5, 0.6) is 0 Å². The Morgan fingerprint density at radius 1 is 1.12 bits per heavy atom. The molecule has 2 saturated heterocycles. The van der Waals surface area contributed by atoms with Crippen molar-refractivity contribution in [2.24, 2.45) is 0 Å². The van der Waals surface area contributed by atoms with Crippen molar-refractivity contribution in [1.29, 1.82) is 0 Å². The van der Waals surface area contributed by atoms with E-state index in [9.17, 15) is 16.8 Å². The molecule has 0 spiro atoms. The Bertz CT molecular complexity index is 780. The van der Waals surface area contributed by atoms with Crippen LogP contribution >= 0.6 is 0 Å². The molecule has 24 heavy (non-hydrogen) atoms. The molecule has 8 heteroatoms. The van der Waals surface area contributed by atoms with E-state index in [0.29, 0.717) is 26.3 Å². The Labute approximate surface area is 143 Å². The summed E-state index contributed by atoms with van der Waals surface area (Å²) in [6.45, 7) is 4.16. The van der Waals surface area contributed by atoms with Crippen LogP contribution < -0.4 is 0 Å². The Morgan fingerprint density at radius 2 is 1.75 bits per heavy atom. The summed E-state index contributed by atoms with van der Waals surface area (Å²) >= 11 is 0. The van der Waals surface area contributed by atoms with Gasteiger partial charge < -0.3 is 4.74 Å². The summed E-state index contributed by atoms with van der Waals surface area (Å²) in [6, 6.07) is 6.28. The van der Waals surface area contributed by atoms with Crippen molar-refractivity contribution in [3.63, 3.8) is 0 Å². The number of aryl methyl sites for hydroxylation is 1. The fourth-order valence-corrected chi connectivity index (χ4v) is 8.26. The largest absolute Gasteiger partial charge is 0.379 e. The van der Waals surface area contributed by atoms with Crippen molar-refractivity contribution in [1.82, 2.24) is 4.90 Å². The van der Waals surface area contributed by atoms with Crippen LogP contribution in [-0.4, -0.2) is 70.8 Å². The van der Waals surface area contributed by atoms with Gasteiger partial charge in [0.2, 0.25) is 0 Å². The van der Waals surface area contributed by atoms with Gasteiger partial charge in [0.15, 0.2) is 19.7 Å². The first kappa shape index (κ1) is 17.8. The zero-order chi connectivity index (χ0) is 17.4. The number of sulfone groups is 2. The topological polar surface area (TPSA) is 80.8 Å². The third-order valence-electron chi connectivity index (χ3n) is 4.85. The first-order valence-corrected chi connectivity index (χ1v) is 11.6. The molecule has 1 aromatic rings. The Hall–Kier alpha value is -0.960. The van der Waals surface area contributed by atoms with Crippen LogP contribution in [-0.2, 0) is 30.8 Å².